The molecule has 0 fully saturated rings. The number of benzene rings is 7. The second-order valence-electron chi connectivity index (χ2n) is 15.1. The molecule has 2 aliphatic rings. The summed E-state index contributed by atoms with van der Waals surface area (Å²) >= 11 is 0. The fraction of sp³-hybridized carbons (Fsp3) is 0.0800. The topological polar surface area (TPSA) is 31.0 Å². The van der Waals surface area contributed by atoms with Gasteiger partial charge in [0.1, 0.15) is 17.0 Å². The molecule has 0 saturated carbocycles. The average Bonchev–Trinajstić information content (AvgIpc) is 3.81. The van der Waals surface area contributed by atoms with Gasteiger partial charge in [-0.25, -0.2) is 4.98 Å². The van der Waals surface area contributed by atoms with Crippen molar-refractivity contribution in [3.63, 3.8) is 0 Å². The van der Waals surface area contributed by atoms with Crippen molar-refractivity contribution in [2.45, 2.75) is 25.7 Å². The molecule has 12 rings (SSSR count). The van der Waals surface area contributed by atoms with Crippen LogP contribution in [-0.4, -0.2) is 9.55 Å². The van der Waals surface area contributed by atoms with Gasteiger partial charge >= 0.3 is 0 Å². The summed E-state index contributed by atoms with van der Waals surface area (Å²) in [7, 11) is 0. The van der Waals surface area contributed by atoms with Gasteiger partial charge < -0.3 is 4.42 Å². The van der Waals surface area contributed by atoms with E-state index in [1.54, 1.807) is 0 Å². The van der Waals surface area contributed by atoms with E-state index >= 15 is 0 Å². The summed E-state index contributed by atoms with van der Waals surface area (Å²) in [5, 5.41) is 13.4. The Bertz CT molecular complexity index is 3410. The van der Waals surface area contributed by atoms with Gasteiger partial charge in [0.15, 0.2) is 0 Å². The van der Waals surface area contributed by atoms with Crippen LogP contribution in [0.1, 0.15) is 31.4 Å². The Morgan fingerprint density at radius 1 is 0.585 bits per heavy atom. The first-order valence-electron chi connectivity index (χ1n) is 18.4. The van der Waals surface area contributed by atoms with Crippen molar-refractivity contribution in [1.29, 1.82) is 0 Å². The van der Waals surface area contributed by atoms with Crippen molar-refractivity contribution < 1.29 is 4.42 Å². The summed E-state index contributed by atoms with van der Waals surface area (Å²) in [6.45, 7) is 4.68. The molecule has 0 saturated heterocycles. The van der Waals surface area contributed by atoms with E-state index in [2.05, 4.69) is 164 Å². The number of hydrogen-bond donors (Lipinski definition) is 0. The van der Waals surface area contributed by atoms with Crippen LogP contribution >= 0.6 is 0 Å². The van der Waals surface area contributed by atoms with E-state index in [1.165, 1.54) is 65.3 Å². The number of pyridine rings is 1. The quantitative estimate of drug-likeness (QED) is 0.171. The van der Waals surface area contributed by atoms with Crippen LogP contribution in [0.3, 0.4) is 0 Å². The number of nitrogens with zero attached hydrogens (tertiary/aromatic N) is 2. The number of furan rings is 1. The minimum absolute atomic E-state index is 0.210. The summed E-state index contributed by atoms with van der Waals surface area (Å²) in [5.74, 6) is 0.911. The van der Waals surface area contributed by atoms with E-state index in [0.717, 1.165) is 56.1 Å². The number of para-hydroxylation sites is 1. The van der Waals surface area contributed by atoms with Crippen LogP contribution in [0.25, 0.3) is 105 Å². The largest absolute Gasteiger partial charge is 0.456 e. The molecule has 0 spiro atoms. The Balaban J connectivity index is 1.07. The lowest BCUT2D eigenvalue weighted by atomic mass is 9.82. The molecule has 0 atom stereocenters. The summed E-state index contributed by atoms with van der Waals surface area (Å²) in [4.78, 5) is 5.41. The van der Waals surface area contributed by atoms with Gasteiger partial charge in [0.05, 0.1) is 16.6 Å². The molecule has 3 heterocycles. The Hall–Kier alpha value is -6.67. The van der Waals surface area contributed by atoms with Gasteiger partial charge in [0.2, 0.25) is 0 Å². The molecule has 7 aromatic carbocycles. The Labute approximate surface area is 305 Å². The van der Waals surface area contributed by atoms with Crippen LogP contribution in [0.2, 0.25) is 0 Å². The van der Waals surface area contributed by atoms with Crippen molar-refractivity contribution >= 4 is 77.0 Å². The highest BCUT2D eigenvalue weighted by molar-refractivity contribution is 6.25. The Kier molecular flexibility index (Phi) is 5.59. The highest BCUT2D eigenvalue weighted by atomic mass is 16.3. The predicted octanol–water partition coefficient (Wildman–Crippen LogP) is 11.5. The molecule has 0 radical (unpaired) electrons. The maximum Gasteiger partial charge on any atom is 0.138 e. The Morgan fingerprint density at radius 2 is 1.25 bits per heavy atom. The fourth-order valence-electron chi connectivity index (χ4n) is 9.45. The summed E-state index contributed by atoms with van der Waals surface area (Å²) in [6, 6.07) is 48.6. The molecule has 0 bridgehead atoms. The third-order valence-electron chi connectivity index (χ3n) is 12.0. The third-order valence-corrected chi connectivity index (χ3v) is 12.0. The summed E-state index contributed by atoms with van der Waals surface area (Å²) in [6.07, 6.45) is 5.30. The second-order valence-corrected chi connectivity index (χ2v) is 15.1. The predicted molar refractivity (Wildman–Crippen MR) is 220 cm³/mol. The normalized spacial score (nSPS) is 14.2. The van der Waals surface area contributed by atoms with Crippen LogP contribution < -0.4 is 10.6 Å². The molecule has 0 N–H and O–H groups in total. The first-order chi connectivity index (χ1) is 26.0. The van der Waals surface area contributed by atoms with E-state index in [-0.39, 0.29) is 5.41 Å². The molecule has 0 aliphatic heterocycles. The molecule has 2 aliphatic carbocycles. The van der Waals surface area contributed by atoms with Gasteiger partial charge in [-0.1, -0.05) is 105 Å². The fourth-order valence-corrected chi connectivity index (χ4v) is 9.45. The molecule has 3 aromatic heterocycles. The molecule has 3 heteroatoms. The zero-order valence-electron chi connectivity index (χ0n) is 29.4. The molecule has 10 aromatic rings. The van der Waals surface area contributed by atoms with Crippen LogP contribution in [0.4, 0.5) is 0 Å². The first kappa shape index (κ1) is 29.0. The monoisotopic (exact) mass is 676 g/mol. The lowest BCUT2D eigenvalue weighted by Crippen LogP contribution is -2.29. The summed E-state index contributed by atoms with van der Waals surface area (Å²) in [5.41, 5.74) is 13.7. The van der Waals surface area contributed by atoms with Crippen molar-refractivity contribution in [2.24, 2.45) is 0 Å². The zero-order valence-corrected chi connectivity index (χ0v) is 29.4. The average molecular weight is 677 g/mol. The minimum Gasteiger partial charge on any atom is -0.456 e. The van der Waals surface area contributed by atoms with Gasteiger partial charge in [-0.05, 0) is 116 Å². The minimum atomic E-state index is -0.210. The molecular formula is C50H32N2O. The van der Waals surface area contributed by atoms with E-state index in [9.17, 15) is 0 Å². The highest BCUT2D eigenvalue weighted by Crippen LogP contribution is 2.51. The maximum absolute atomic E-state index is 6.36. The number of allylic oxidation sites excluding steroid dienone is 1. The third kappa shape index (κ3) is 3.87. The van der Waals surface area contributed by atoms with Crippen molar-refractivity contribution in [1.82, 2.24) is 9.55 Å². The van der Waals surface area contributed by atoms with E-state index in [0.29, 0.717) is 0 Å². The second kappa shape index (κ2) is 10.2. The highest BCUT2D eigenvalue weighted by Gasteiger charge is 2.37. The number of fused-ring (bicyclic) bond motifs is 15. The van der Waals surface area contributed by atoms with Crippen LogP contribution in [0.5, 0.6) is 0 Å². The molecule has 0 unspecified atom stereocenters. The number of hydrogen-bond acceptors (Lipinski definition) is 2. The van der Waals surface area contributed by atoms with Crippen LogP contribution in [0.15, 0.2) is 144 Å². The number of aromatic nitrogens is 2. The zero-order chi connectivity index (χ0) is 35.0. The number of rotatable bonds is 2. The molecule has 248 valence electrons. The first-order valence-corrected chi connectivity index (χ1v) is 18.4. The van der Waals surface area contributed by atoms with Crippen molar-refractivity contribution in [3.05, 3.63) is 161 Å². The smallest absolute Gasteiger partial charge is 0.138 e. The van der Waals surface area contributed by atoms with E-state index in [4.69, 9.17) is 9.40 Å². The van der Waals surface area contributed by atoms with E-state index < -0.39 is 0 Å². The Morgan fingerprint density at radius 3 is 2.02 bits per heavy atom. The van der Waals surface area contributed by atoms with Gasteiger partial charge in [-0.2, -0.15) is 0 Å². The molecule has 3 nitrogen and oxygen atoms in total. The molecule has 53 heavy (non-hydrogen) atoms. The molecule has 0 amide bonds. The maximum atomic E-state index is 6.36. The SMILES string of the molecule is CC1(C)c2cc3oc4ccccc4c3cc2-c2cc3c4c(n(-c5cccc(-c6ccc7c8ccccc8c8ccccc8c7c6)n5)c3cc21)=CCC=C=4. The summed E-state index contributed by atoms with van der Waals surface area (Å²) < 4.78 is 8.72. The standard InChI is InChI=1S/C50H32N2O/c1-50(2)42-27-46-40(25-38(42)39-26-41-36-17-8-10-20-47(36)53-48(41)28-43(39)50)35-16-7-9-19-45(35)52(46)49-21-11-18-44(51-49)29-22-23-34-32-14-4-3-12-30(32)31-13-5-6-15-33(31)37(34)24-29/h3-8,10-15,17-28H,9H2,1-2H3. The van der Waals surface area contributed by atoms with Gasteiger partial charge in [0, 0.05) is 32.4 Å². The van der Waals surface area contributed by atoms with Crippen molar-refractivity contribution in [3.8, 4) is 28.2 Å². The lowest BCUT2D eigenvalue weighted by molar-refractivity contribution is 0.647. The van der Waals surface area contributed by atoms with Crippen molar-refractivity contribution in [2.75, 3.05) is 0 Å². The van der Waals surface area contributed by atoms with Gasteiger partial charge in [0.25, 0.3) is 0 Å². The van der Waals surface area contributed by atoms with Crippen LogP contribution in [0, 0.1) is 0 Å². The molecular weight excluding hydrogens is 645 g/mol. The van der Waals surface area contributed by atoms with E-state index in [1.807, 2.05) is 6.07 Å². The van der Waals surface area contributed by atoms with Gasteiger partial charge in [-0.3, -0.25) is 4.57 Å². The van der Waals surface area contributed by atoms with Crippen LogP contribution in [-0.2, 0) is 5.41 Å². The van der Waals surface area contributed by atoms with Gasteiger partial charge in [-0.15, -0.1) is 5.73 Å². The lowest BCUT2D eigenvalue weighted by Gasteiger charge is -2.21.